The van der Waals surface area contributed by atoms with Crippen LogP contribution >= 0.6 is 0 Å². The van der Waals surface area contributed by atoms with E-state index in [1.54, 1.807) is 4.52 Å². The molecule has 0 radical (unpaired) electrons. The number of nitrogens with one attached hydrogen (secondary N) is 2. The van der Waals surface area contributed by atoms with Crippen LogP contribution < -0.4 is 16.4 Å². The monoisotopic (exact) mass is 496 g/mol. The smallest absolute Gasteiger partial charge is 0.229 e. The molecule has 3 heterocycles. The summed E-state index contributed by atoms with van der Waals surface area (Å²) in [6.45, 7) is 5.49. The predicted octanol–water partition coefficient (Wildman–Crippen LogP) is 4.20. The number of hydrogen-bond donors (Lipinski definition) is 4. The lowest BCUT2D eigenvalue weighted by Gasteiger charge is -2.14. The Morgan fingerprint density at radius 3 is 2.59 bits per heavy atom. The molecular formula is C28H32N8O. The molecule has 9 nitrogen and oxygen atoms in total. The third kappa shape index (κ3) is 5.37. The topological polar surface area (TPSA) is 126 Å². The lowest BCUT2D eigenvalue weighted by atomic mass is 10.0. The highest BCUT2D eigenvalue weighted by Gasteiger charge is 2.16. The Morgan fingerprint density at radius 1 is 0.946 bits per heavy atom. The third-order valence-corrected chi connectivity index (χ3v) is 6.38. The number of benzene rings is 2. The summed E-state index contributed by atoms with van der Waals surface area (Å²) >= 11 is 0. The van der Waals surface area contributed by atoms with Crippen LogP contribution in [0.2, 0.25) is 0 Å². The second-order valence-electron chi connectivity index (χ2n) is 9.37. The number of anilines is 2. The van der Waals surface area contributed by atoms with Crippen molar-refractivity contribution >= 4 is 28.4 Å². The van der Waals surface area contributed by atoms with Gasteiger partial charge in [0.2, 0.25) is 11.9 Å². The Labute approximate surface area is 215 Å². The molecule has 0 aliphatic rings. The van der Waals surface area contributed by atoms with E-state index in [4.69, 9.17) is 20.7 Å². The van der Waals surface area contributed by atoms with Gasteiger partial charge >= 0.3 is 0 Å². The molecule has 0 aliphatic heterocycles. The summed E-state index contributed by atoms with van der Waals surface area (Å²) in [6.07, 6.45) is 1.79. The van der Waals surface area contributed by atoms with Gasteiger partial charge in [0.15, 0.2) is 5.65 Å². The summed E-state index contributed by atoms with van der Waals surface area (Å²) in [5, 5.41) is 22.2. The van der Waals surface area contributed by atoms with E-state index in [1.165, 1.54) is 0 Å². The van der Waals surface area contributed by atoms with Crippen LogP contribution in [0.4, 0.5) is 11.9 Å². The number of aliphatic hydroxyl groups is 1. The minimum atomic E-state index is -0.560. The molecule has 0 saturated carbocycles. The summed E-state index contributed by atoms with van der Waals surface area (Å²) < 4.78 is 1.74. The number of pyridine rings is 1. The van der Waals surface area contributed by atoms with Crippen molar-refractivity contribution in [2.45, 2.75) is 38.8 Å². The number of rotatable bonds is 10. The average molecular weight is 497 g/mol. The molecule has 0 unspecified atom stereocenters. The van der Waals surface area contributed by atoms with Crippen LogP contribution in [0.5, 0.6) is 0 Å². The molecule has 190 valence electrons. The summed E-state index contributed by atoms with van der Waals surface area (Å²) in [5.41, 5.74) is 11.4. The molecule has 9 heteroatoms. The summed E-state index contributed by atoms with van der Waals surface area (Å²) in [4.78, 5) is 14.3. The maximum atomic E-state index is 9.80. The third-order valence-electron chi connectivity index (χ3n) is 6.38. The molecule has 37 heavy (non-hydrogen) atoms. The Bertz CT molecular complexity index is 1510. The van der Waals surface area contributed by atoms with E-state index in [1.807, 2.05) is 36.5 Å². The fourth-order valence-electron chi connectivity index (χ4n) is 4.28. The van der Waals surface area contributed by atoms with Gasteiger partial charge in [-0.2, -0.15) is 19.6 Å². The van der Waals surface area contributed by atoms with Gasteiger partial charge in [0, 0.05) is 36.1 Å². The molecule has 5 aromatic rings. The maximum Gasteiger partial charge on any atom is 0.229 e. The second kappa shape index (κ2) is 10.9. The number of aliphatic hydroxyl groups excluding tert-OH is 1. The summed E-state index contributed by atoms with van der Waals surface area (Å²) in [7, 11) is 0. The van der Waals surface area contributed by atoms with Crippen molar-refractivity contribution in [2.75, 3.05) is 23.7 Å². The van der Waals surface area contributed by atoms with E-state index in [2.05, 4.69) is 59.9 Å². The van der Waals surface area contributed by atoms with Crippen molar-refractivity contribution in [2.24, 2.45) is 5.73 Å². The lowest BCUT2D eigenvalue weighted by molar-refractivity contribution is 0.177. The fraction of sp³-hybridized carbons (Fsp3) is 0.286. The van der Waals surface area contributed by atoms with Gasteiger partial charge in [0.05, 0.1) is 23.5 Å². The highest BCUT2D eigenvalue weighted by Crippen LogP contribution is 2.26. The molecule has 0 amide bonds. The first-order valence-corrected chi connectivity index (χ1v) is 12.6. The van der Waals surface area contributed by atoms with Crippen LogP contribution in [-0.4, -0.2) is 48.9 Å². The Hall–Kier alpha value is -4.08. The molecule has 0 aliphatic carbocycles. The van der Waals surface area contributed by atoms with Gasteiger partial charge in [-0.1, -0.05) is 62.4 Å². The zero-order valence-electron chi connectivity index (χ0n) is 21.1. The molecule has 0 bridgehead atoms. The van der Waals surface area contributed by atoms with E-state index >= 15 is 0 Å². The SMILES string of the molecule is CC(C)c1cnn2c(NCc3ccccc3-c3ccc4ccccc4n3)nc(NCC[C@@H](O)CN)nc12. The van der Waals surface area contributed by atoms with Gasteiger partial charge in [-0.3, -0.25) is 0 Å². The molecule has 0 fully saturated rings. The fourth-order valence-corrected chi connectivity index (χ4v) is 4.28. The van der Waals surface area contributed by atoms with Crippen LogP contribution in [0.15, 0.2) is 66.9 Å². The van der Waals surface area contributed by atoms with Crippen molar-refractivity contribution in [3.8, 4) is 11.3 Å². The Kier molecular flexibility index (Phi) is 7.25. The number of nitrogens with two attached hydrogens (primary N) is 1. The summed E-state index contributed by atoms with van der Waals surface area (Å²) in [5.74, 6) is 1.32. The molecule has 0 saturated heterocycles. The van der Waals surface area contributed by atoms with Crippen LogP contribution in [0.3, 0.4) is 0 Å². The van der Waals surface area contributed by atoms with E-state index < -0.39 is 6.10 Å². The molecule has 2 aromatic carbocycles. The van der Waals surface area contributed by atoms with Crippen LogP contribution in [-0.2, 0) is 6.54 Å². The summed E-state index contributed by atoms with van der Waals surface area (Å²) in [6, 6.07) is 20.5. The van der Waals surface area contributed by atoms with E-state index in [0.717, 1.165) is 38.9 Å². The van der Waals surface area contributed by atoms with E-state index in [-0.39, 0.29) is 12.5 Å². The van der Waals surface area contributed by atoms with E-state index in [0.29, 0.717) is 31.4 Å². The Morgan fingerprint density at radius 2 is 1.76 bits per heavy atom. The predicted molar refractivity (Wildman–Crippen MR) is 148 cm³/mol. The van der Waals surface area contributed by atoms with Crippen molar-refractivity contribution in [3.63, 3.8) is 0 Å². The van der Waals surface area contributed by atoms with Gasteiger partial charge in [-0.05, 0) is 30.0 Å². The quantitative estimate of drug-likeness (QED) is 0.227. The van der Waals surface area contributed by atoms with Gasteiger partial charge in [-0.25, -0.2) is 4.98 Å². The highest BCUT2D eigenvalue weighted by atomic mass is 16.3. The van der Waals surface area contributed by atoms with Crippen molar-refractivity contribution in [1.82, 2.24) is 24.6 Å². The number of nitrogens with zero attached hydrogens (tertiary/aromatic N) is 5. The minimum absolute atomic E-state index is 0.222. The Balaban J connectivity index is 1.44. The van der Waals surface area contributed by atoms with Crippen molar-refractivity contribution in [1.29, 1.82) is 0 Å². The van der Waals surface area contributed by atoms with Gasteiger partial charge in [-0.15, -0.1) is 0 Å². The normalized spacial score (nSPS) is 12.4. The largest absolute Gasteiger partial charge is 0.392 e. The number of para-hydroxylation sites is 1. The zero-order chi connectivity index (χ0) is 25.8. The molecule has 5 rings (SSSR count). The minimum Gasteiger partial charge on any atom is -0.392 e. The molecule has 0 spiro atoms. The average Bonchev–Trinajstić information content (AvgIpc) is 3.36. The first-order valence-electron chi connectivity index (χ1n) is 12.6. The number of aromatic nitrogens is 5. The first kappa shape index (κ1) is 24.6. The van der Waals surface area contributed by atoms with Crippen LogP contribution in [0.1, 0.15) is 37.3 Å². The molecular weight excluding hydrogens is 464 g/mol. The first-order chi connectivity index (χ1) is 18.0. The van der Waals surface area contributed by atoms with Crippen molar-refractivity contribution < 1.29 is 5.11 Å². The van der Waals surface area contributed by atoms with Crippen LogP contribution in [0, 0.1) is 0 Å². The van der Waals surface area contributed by atoms with Crippen LogP contribution in [0.25, 0.3) is 27.8 Å². The molecule has 5 N–H and O–H groups in total. The lowest BCUT2D eigenvalue weighted by Crippen LogP contribution is -2.23. The molecule has 3 aromatic heterocycles. The van der Waals surface area contributed by atoms with Crippen molar-refractivity contribution in [3.05, 3.63) is 78.0 Å². The number of fused-ring (bicyclic) bond motifs is 2. The molecule has 1 atom stereocenters. The van der Waals surface area contributed by atoms with Gasteiger partial charge in [0.1, 0.15) is 0 Å². The van der Waals surface area contributed by atoms with Gasteiger partial charge < -0.3 is 21.5 Å². The second-order valence-corrected chi connectivity index (χ2v) is 9.37. The number of hydrogen-bond acceptors (Lipinski definition) is 8. The highest BCUT2D eigenvalue weighted by molar-refractivity contribution is 5.82. The maximum absolute atomic E-state index is 9.80. The zero-order valence-corrected chi connectivity index (χ0v) is 21.1. The standard InChI is InChI=1S/C28H32N8O/c1-18(2)23-17-32-36-26(23)34-27(30-14-13-21(37)15-29)35-28(36)31-16-20-8-3-5-9-22(20)25-12-11-19-7-4-6-10-24(19)33-25/h3-12,17-18,21,37H,13-16,29H2,1-2H3,(H2,30,31,34,35)/t21-/m1/s1. The van der Waals surface area contributed by atoms with Gasteiger partial charge in [0.25, 0.3) is 0 Å². The van der Waals surface area contributed by atoms with E-state index in [9.17, 15) is 5.11 Å².